The lowest BCUT2D eigenvalue weighted by atomic mass is 10.1. The number of thioether (sulfide) groups is 1. The molecule has 2 amide bonds. The normalized spacial score (nSPS) is 10.6. The second-order valence-electron chi connectivity index (χ2n) is 6.70. The summed E-state index contributed by atoms with van der Waals surface area (Å²) in [6, 6.07) is 5.63. The van der Waals surface area contributed by atoms with Crippen molar-refractivity contribution in [1.82, 2.24) is 20.2 Å². The van der Waals surface area contributed by atoms with Crippen molar-refractivity contribution >= 4 is 23.6 Å². The standard InChI is InChI=1S/C21H30N4O6S/c1-29-9-8-23-19(27)12-25-16(13-26)11-24-21(25)32-14-20(28)22-7-6-15-4-5-17(30-2)18(10-15)31-3/h4-5,10-11,26H,6-9,12-14H2,1-3H3,(H,22,28)(H,23,27). The summed E-state index contributed by atoms with van der Waals surface area (Å²) >= 11 is 1.21. The number of aliphatic hydroxyl groups excluding tert-OH is 1. The minimum Gasteiger partial charge on any atom is -0.493 e. The summed E-state index contributed by atoms with van der Waals surface area (Å²) in [5.74, 6) is 1.06. The summed E-state index contributed by atoms with van der Waals surface area (Å²) in [7, 11) is 4.72. The highest BCUT2D eigenvalue weighted by molar-refractivity contribution is 7.99. The minimum atomic E-state index is -0.254. The Morgan fingerprint density at radius 3 is 2.53 bits per heavy atom. The zero-order valence-corrected chi connectivity index (χ0v) is 19.4. The van der Waals surface area contributed by atoms with E-state index in [1.54, 1.807) is 25.9 Å². The van der Waals surface area contributed by atoms with Crippen LogP contribution in [0.5, 0.6) is 11.5 Å². The molecule has 0 unspecified atom stereocenters. The maximum Gasteiger partial charge on any atom is 0.240 e. The Balaban J connectivity index is 1.83. The molecule has 0 atom stereocenters. The van der Waals surface area contributed by atoms with E-state index in [-0.39, 0.29) is 30.7 Å². The van der Waals surface area contributed by atoms with Crippen LogP contribution in [0.1, 0.15) is 11.3 Å². The highest BCUT2D eigenvalue weighted by Gasteiger charge is 2.15. The van der Waals surface area contributed by atoms with Gasteiger partial charge in [0.15, 0.2) is 16.7 Å². The lowest BCUT2D eigenvalue weighted by Crippen LogP contribution is -2.31. The number of nitrogens with one attached hydrogen (secondary N) is 2. The Kier molecular flexibility index (Phi) is 10.8. The Hall–Kier alpha value is -2.76. The zero-order chi connectivity index (χ0) is 23.3. The summed E-state index contributed by atoms with van der Waals surface area (Å²) in [5.41, 5.74) is 1.52. The Morgan fingerprint density at radius 2 is 1.84 bits per heavy atom. The van der Waals surface area contributed by atoms with Crippen molar-refractivity contribution in [2.45, 2.75) is 24.7 Å². The monoisotopic (exact) mass is 466 g/mol. The third-order valence-corrected chi connectivity index (χ3v) is 5.50. The second-order valence-corrected chi connectivity index (χ2v) is 7.64. The van der Waals surface area contributed by atoms with Gasteiger partial charge >= 0.3 is 0 Å². The molecule has 0 spiro atoms. The van der Waals surface area contributed by atoms with Gasteiger partial charge in [0.25, 0.3) is 0 Å². The summed E-state index contributed by atoms with van der Waals surface area (Å²) in [6.45, 7) is 1.02. The number of nitrogens with zero attached hydrogens (tertiary/aromatic N) is 2. The lowest BCUT2D eigenvalue weighted by Gasteiger charge is -2.11. The van der Waals surface area contributed by atoms with E-state index in [0.29, 0.717) is 48.5 Å². The molecule has 0 radical (unpaired) electrons. The predicted molar refractivity (Wildman–Crippen MR) is 120 cm³/mol. The van der Waals surface area contributed by atoms with Gasteiger partial charge in [0.2, 0.25) is 11.8 Å². The van der Waals surface area contributed by atoms with Crippen LogP contribution in [0.4, 0.5) is 0 Å². The third kappa shape index (κ3) is 7.74. The molecule has 0 aliphatic heterocycles. The van der Waals surface area contributed by atoms with Gasteiger partial charge in [-0.2, -0.15) is 0 Å². The van der Waals surface area contributed by atoms with E-state index in [1.807, 2.05) is 18.2 Å². The van der Waals surface area contributed by atoms with Crippen molar-refractivity contribution in [2.75, 3.05) is 46.8 Å². The van der Waals surface area contributed by atoms with Crippen LogP contribution in [0.25, 0.3) is 0 Å². The number of ether oxygens (including phenoxy) is 3. The van der Waals surface area contributed by atoms with Crippen LogP contribution in [0.3, 0.4) is 0 Å². The first kappa shape index (κ1) is 25.5. The molecule has 0 saturated heterocycles. The summed E-state index contributed by atoms with van der Waals surface area (Å²) in [4.78, 5) is 28.6. The van der Waals surface area contributed by atoms with Gasteiger partial charge in [-0.15, -0.1) is 0 Å². The first-order valence-electron chi connectivity index (χ1n) is 10.0. The third-order valence-electron chi connectivity index (χ3n) is 4.51. The van der Waals surface area contributed by atoms with Gasteiger partial charge in [-0.25, -0.2) is 4.98 Å². The number of carbonyl (C=O) groups is 2. The number of aromatic nitrogens is 2. The Morgan fingerprint density at radius 1 is 1.09 bits per heavy atom. The molecule has 0 bridgehead atoms. The van der Waals surface area contributed by atoms with Gasteiger partial charge in [-0.1, -0.05) is 17.8 Å². The van der Waals surface area contributed by atoms with E-state index in [0.717, 1.165) is 5.56 Å². The number of carbonyl (C=O) groups excluding carboxylic acids is 2. The van der Waals surface area contributed by atoms with E-state index in [9.17, 15) is 14.7 Å². The predicted octanol–water partition coefficient (Wildman–Crippen LogP) is 0.606. The number of hydrogen-bond donors (Lipinski definition) is 3. The number of benzene rings is 1. The van der Waals surface area contributed by atoms with Crippen LogP contribution in [-0.4, -0.2) is 73.3 Å². The number of hydrogen-bond acceptors (Lipinski definition) is 8. The molecular formula is C21H30N4O6S. The highest BCUT2D eigenvalue weighted by atomic mass is 32.2. The molecule has 32 heavy (non-hydrogen) atoms. The van der Waals surface area contributed by atoms with Gasteiger partial charge in [-0.3, -0.25) is 9.59 Å². The van der Waals surface area contributed by atoms with Crippen molar-refractivity contribution in [3.8, 4) is 11.5 Å². The smallest absolute Gasteiger partial charge is 0.240 e. The maximum absolute atomic E-state index is 12.3. The average molecular weight is 467 g/mol. The maximum atomic E-state index is 12.3. The fourth-order valence-electron chi connectivity index (χ4n) is 2.86. The van der Waals surface area contributed by atoms with Crippen LogP contribution in [0, 0.1) is 0 Å². The number of amides is 2. The molecule has 0 fully saturated rings. The van der Waals surface area contributed by atoms with Gasteiger partial charge in [-0.05, 0) is 24.1 Å². The lowest BCUT2D eigenvalue weighted by molar-refractivity contribution is -0.122. The molecule has 2 rings (SSSR count). The Labute approximate surface area is 191 Å². The van der Waals surface area contributed by atoms with Crippen LogP contribution in [-0.2, 0) is 33.9 Å². The minimum absolute atomic E-state index is 0.00284. The fourth-order valence-corrected chi connectivity index (χ4v) is 3.69. The number of methoxy groups -OCH3 is 3. The van der Waals surface area contributed by atoms with Crippen molar-refractivity contribution in [3.05, 3.63) is 35.7 Å². The van der Waals surface area contributed by atoms with Crippen LogP contribution in [0.15, 0.2) is 29.6 Å². The van der Waals surface area contributed by atoms with Crippen molar-refractivity contribution in [1.29, 1.82) is 0 Å². The van der Waals surface area contributed by atoms with E-state index in [4.69, 9.17) is 14.2 Å². The molecule has 1 heterocycles. The highest BCUT2D eigenvalue weighted by Crippen LogP contribution is 2.27. The molecular weight excluding hydrogens is 436 g/mol. The summed E-state index contributed by atoms with van der Waals surface area (Å²) in [6.07, 6.45) is 2.14. The first-order valence-corrected chi connectivity index (χ1v) is 11.0. The fraction of sp³-hybridized carbons (Fsp3) is 0.476. The average Bonchev–Trinajstić information content (AvgIpc) is 3.19. The molecule has 0 saturated carbocycles. The number of rotatable bonds is 14. The van der Waals surface area contributed by atoms with E-state index in [2.05, 4.69) is 15.6 Å². The zero-order valence-electron chi connectivity index (χ0n) is 18.6. The van der Waals surface area contributed by atoms with E-state index >= 15 is 0 Å². The SMILES string of the molecule is COCCNC(=O)Cn1c(CO)cnc1SCC(=O)NCCc1ccc(OC)c(OC)c1. The van der Waals surface area contributed by atoms with Crippen molar-refractivity contribution in [2.24, 2.45) is 0 Å². The summed E-state index contributed by atoms with van der Waals surface area (Å²) < 4.78 is 17.0. The van der Waals surface area contributed by atoms with Gasteiger partial charge in [0.05, 0.1) is 45.1 Å². The molecule has 0 aliphatic rings. The largest absolute Gasteiger partial charge is 0.493 e. The molecule has 0 aliphatic carbocycles. The molecule has 1 aromatic carbocycles. The molecule has 2 aromatic rings. The van der Waals surface area contributed by atoms with Crippen molar-refractivity contribution in [3.63, 3.8) is 0 Å². The van der Waals surface area contributed by atoms with Crippen molar-refractivity contribution < 1.29 is 28.9 Å². The van der Waals surface area contributed by atoms with E-state index in [1.165, 1.54) is 18.0 Å². The van der Waals surface area contributed by atoms with Crippen LogP contribution >= 0.6 is 11.8 Å². The van der Waals surface area contributed by atoms with Gasteiger partial charge < -0.3 is 34.5 Å². The summed E-state index contributed by atoms with van der Waals surface area (Å²) in [5, 5.41) is 15.6. The van der Waals surface area contributed by atoms with Gasteiger partial charge in [0.1, 0.15) is 6.54 Å². The van der Waals surface area contributed by atoms with Gasteiger partial charge in [0, 0.05) is 20.2 Å². The number of aliphatic hydroxyl groups is 1. The molecule has 176 valence electrons. The van der Waals surface area contributed by atoms with Crippen LogP contribution in [0.2, 0.25) is 0 Å². The molecule has 1 aromatic heterocycles. The number of imidazole rings is 1. The Bertz CT molecular complexity index is 889. The van der Waals surface area contributed by atoms with E-state index < -0.39 is 0 Å². The molecule has 11 heteroatoms. The first-order chi connectivity index (χ1) is 15.5. The molecule has 10 nitrogen and oxygen atoms in total. The molecule has 3 N–H and O–H groups in total. The quantitative estimate of drug-likeness (QED) is 0.273. The second kappa shape index (κ2) is 13.6. The topological polar surface area (TPSA) is 124 Å². The van der Waals surface area contributed by atoms with Crippen LogP contribution < -0.4 is 20.1 Å².